The first-order valence-electron chi connectivity index (χ1n) is 8.02. The van der Waals surface area contributed by atoms with Crippen molar-refractivity contribution in [1.29, 1.82) is 0 Å². The fraction of sp³-hybridized carbons (Fsp3) is 0.611. The van der Waals surface area contributed by atoms with Gasteiger partial charge in [-0.25, -0.2) is 0 Å². The monoisotopic (exact) mass is 276 g/mol. The third kappa shape index (κ3) is 7.98. The van der Waals surface area contributed by atoms with Gasteiger partial charge in [0.1, 0.15) is 12.0 Å². The second-order valence-corrected chi connectivity index (χ2v) is 5.34. The zero-order valence-electron chi connectivity index (χ0n) is 12.8. The minimum atomic E-state index is 0.484. The van der Waals surface area contributed by atoms with E-state index in [0.29, 0.717) is 6.42 Å². The Morgan fingerprint density at radius 2 is 1.50 bits per heavy atom. The first-order valence-corrected chi connectivity index (χ1v) is 8.02. The molecule has 0 atom stereocenters. The lowest BCUT2D eigenvalue weighted by molar-refractivity contribution is -0.107. The lowest BCUT2D eigenvalue weighted by Crippen LogP contribution is -1.97. The smallest absolute Gasteiger partial charge is 0.124 e. The fourth-order valence-corrected chi connectivity index (χ4v) is 2.24. The molecule has 2 heteroatoms. The number of aldehydes is 1. The molecule has 0 spiro atoms. The fourth-order valence-electron chi connectivity index (χ4n) is 2.24. The van der Waals surface area contributed by atoms with Crippen molar-refractivity contribution in [2.75, 3.05) is 6.61 Å². The van der Waals surface area contributed by atoms with Crippen LogP contribution in [0, 0.1) is 0 Å². The molecule has 1 aromatic rings. The van der Waals surface area contributed by atoms with Crippen molar-refractivity contribution in [1.82, 2.24) is 0 Å². The van der Waals surface area contributed by atoms with Gasteiger partial charge in [0.25, 0.3) is 0 Å². The maximum absolute atomic E-state index is 10.4. The summed E-state index contributed by atoms with van der Waals surface area (Å²) >= 11 is 0. The van der Waals surface area contributed by atoms with Gasteiger partial charge in [0, 0.05) is 6.42 Å². The van der Waals surface area contributed by atoms with E-state index in [4.69, 9.17) is 4.74 Å². The van der Waals surface area contributed by atoms with E-state index in [2.05, 4.69) is 6.92 Å². The van der Waals surface area contributed by atoms with Gasteiger partial charge in [0.2, 0.25) is 0 Å². The van der Waals surface area contributed by atoms with Gasteiger partial charge in [0.05, 0.1) is 6.61 Å². The highest BCUT2D eigenvalue weighted by molar-refractivity contribution is 5.55. The Bertz CT molecular complexity index is 343. The Balaban J connectivity index is 1.99. The third-order valence-corrected chi connectivity index (χ3v) is 3.51. The largest absolute Gasteiger partial charge is 0.494 e. The van der Waals surface area contributed by atoms with E-state index in [1.54, 1.807) is 0 Å². The molecular weight excluding hydrogens is 248 g/mol. The topological polar surface area (TPSA) is 26.3 Å². The van der Waals surface area contributed by atoms with Gasteiger partial charge in [-0.3, -0.25) is 0 Å². The summed E-state index contributed by atoms with van der Waals surface area (Å²) in [6.07, 6.45) is 12.0. The molecule has 0 unspecified atom stereocenters. The quantitative estimate of drug-likeness (QED) is 0.399. The summed E-state index contributed by atoms with van der Waals surface area (Å²) < 4.78 is 5.70. The van der Waals surface area contributed by atoms with Crippen LogP contribution >= 0.6 is 0 Å². The molecule has 0 bridgehead atoms. The Labute approximate surface area is 123 Å². The summed E-state index contributed by atoms with van der Waals surface area (Å²) in [7, 11) is 0. The molecule has 0 heterocycles. The summed E-state index contributed by atoms with van der Waals surface area (Å²) in [5.74, 6) is 0.905. The summed E-state index contributed by atoms with van der Waals surface area (Å²) in [6.45, 7) is 3.05. The Morgan fingerprint density at radius 1 is 0.900 bits per heavy atom. The van der Waals surface area contributed by atoms with Gasteiger partial charge in [-0.1, -0.05) is 64.0 Å². The summed E-state index contributed by atoms with van der Waals surface area (Å²) in [6, 6.07) is 7.81. The van der Waals surface area contributed by atoms with Crippen molar-refractivity contribution >= 4 is 6.29 Å². The molecule has 2 nitrogen and oxygen atoms in total. The molecule has 0 fully saturated rings. The molecule has 112 valence electrons. The molecule has 1 aromatic carbocycles. The molecular formula is C18H28O2. The van der Waals surface area contributed by atoms with Crippen molar-refractivity contribution in [3.05, 3.63) is 29.8 Å². The third-order valence-electron chi connectivity index (χ3n) is 3.51. The second kappa shape index (κ2) is 11.5. The zero-order chi connectivity index (χ0) is 14.5. The van der Waals surface area contributed by atoms with Crippen LogP contribution in [0.15, 0.2) is 24.3 Å². The number of hydrogen-bond donors (Lipinski definition) is 0. The minimum Gasteiger partial charge on any atom is -0.494 e. The van der Waals surface area contributed by atoms with Gasteiger partial charge in [-0.05, 0) is 24.1 Å². The van der Waals surface area contributed by atoms with Gasteiger partial charge in [-0.15, -0.1) is 0 Å². The molecule has 0 aliphatic carbocycles. The first-order chi connectivity index (χ1) is 9.86. The molecule has 0 N–H and O–H groups in total. The first kappa shape index (κ1) is 16.7. The van der Waals surface area contributed by atoms with Crippen LogP contribution in [0.5, 0.6) is 5.75 Å². The Morgan fingerprint density at radius 3 is 2.10 bits per heavy atom. The van der Waals surface area contributed by atoms with E-state index in [9.17, 15) is 4.79 Å². The van der Waals surface area contributed by atoms with E-state index < -0.39 is 0 Å². The highest BCUT2D eigenvalue weighted by Crippen LogP contribution is 2.13. The highest BCUT2D eigenvalue weighted by Gasteiger charge is 1.96. The maximum Gasteiger partial charge on any atom is 0.124 e. The minimum absolute atomic E-state index is 0.484. The van der Waals surface area contributed by atoms with Crippen LogP contribution in [0.25, 0.3) is 0 Å². The standard InChI is InChI=1S/C18H28O2/c1-2-3-4-5-6-7-8-9-16-20-18-12-10-17(11-13-18)14-15-19/h10-13,15H,2-9,14,16H2,1H3. The van der Waals surface area contributed by atoms with Gasteiger partial charge in [0.15, 0.2) is 0 Å². The molecule has 0 aromatic heterocycles. The van der Waals surface area contributed by atoms with Crippen molar-refractivity contribution < 1.29 is 9.53 Å². The molecule has 0 aliphatic heterocycles. The van der Waals surface area contributed by atoms with E-state index in [-0.39, 0.29) is 0 Å². The van der Waals surface area contributed by atoms with Crippen LogP contribution < -0.4 is 4.74 Å². The van der Waals surface area contributed by atoms with Crippen LogP contribution in [0.3, 0.4) is 0 Å². The highest BCUT2D eigenvalue weighted by atomic mass is 16.5. The second-order valence-electron chi connectivity index (χ2n) is 5.34. The number of benzene rings is 1. The molecule has 20 heavy (non-hydrogen) atoms. The predicted molar refractivity (Wildman–Crippen MR) is 84.3 cm³/mol. The van der Waals surface area contributed by atoms with E-state index >= 15 is 0 Å². The number of ether oxygens (including phenoxy) is 1. The molecule has 0 aliphatic rings. The number of carbonyl (C=O) groups is 1. The summed E-state index contributed by atoms with van der Waals surface area (Å²) in [5.41, 5.74) is 1.04. The number of carbonyl (C=O) groups excluding carboxylic acids is 1. The van der Waals surface area contributed by atoms with Crippen LogP contribution in [0.4, 0.5) is 0 Å². The number of hydrogen-bond acceptors (Lipinski definition) is 2. The average Bonchev–Trinajstić information content (AvgIpc) is 2.47. The average molecular weight is 276 g/mol. The van der Waals surface area contributed by atoms with Gasteiger partial charge >= 0.3 is 0 Å². The number of rotatable bonds is 12. The van der Waals surface area contributed by atoms with Crippen LogP contribution in [0.1, 0.15) is 63.9 Å². The predicted octanol–water partition coefficient (Wildman–Crippen LogP) is 4.95. The zero-order valence-corrected chi connectivity index (χ0v) is 12.8. The van der Waals surface area contributed by atoms with E-state index in [0.717, 1.165) is 30.6 Å². The SMILES string of the molecule is CCCCCCCCCCOc1ccc(CC=O)cc1. The van der Waals surface area contributed by atoms with Crippen molar-refractivity contribution in [2.24, 2.45) is 0 Å². The Hall–Kier alpha value is -1.31. The van der Waals surface area contributed by atoms with Crippen molar-refractivity contribution in [3.8, 4) is 5.75 Å². The van der Waals surface area contributed by atoms with Crippen LogP contribution in [-0.2, 0) is 11.2 Å². The van der Waals surface area contributed by atoms with E-state index in [1.807, 2.05) is 24.3 Å². The number of unbranched alkanes of at least 4 members (excludes halogenated alkanes) is 7. The van der Waals surface area contributed by atoms with Gasteiger partial charge in [-0.2, -0.15) is 0 Å². The molecule has 1 rings (SSSR count). The van der Waals surface area contributed by atoms with Crippen LogP contribution in [-0.4, -0.2) is 12.9 Å². The Kier molecular flexibility index (Phi) is 9.64. The lowest BCUT2D eigenvalue weighted by atomic mass is 10.1. The molecule has 0 saturated carbocycles. The lowest BCUT2D eigenvalue weighted by Gasteiger charge is -2.06. The molecule has 0 amide bonds. The summed E-state index contributed by atoms with van der Waals surface area (Å²) in [4.78, 5) is 10.4. The summed E-state index contributed by atoms with van der Waals surface area (Å²) in [5, 5.41) is 0. The molecule has 0 saturated heterocycles. The maximum atomic E-state index is 10.4. The van der Waals surface area contributed by atoms with Crippen LogP contribution in [0.2, 0.25) is 0 Å². The molecule has 0 radical (unpaired) electrons. The van der Waals surface area contributed by atoms with Crippen molar-refractivity contribution in [3.63, 3.8) is 0 Å². The van der Waals surface area contributed by atoms with E-state index in [1.165, 1.54) is 44.9 Å². The van der Waals surface area contributed by atoms with Crippen molar-refractivity contribution in [2.45, 2.75) is 64.7 Å². The van der Waals surface area contributed by atoms with Gasteiger partial charge < -0.3 is 9.53 Å². The normalized spacial score (nSPS) is 10.4.